The molecule has 3 aromatic rings. The molecule has 0 radical (unpaired) electrons. The normalized spacial score (nSPS) is 16.2. The molecule has 1 aliphatic heterocycles. The van der Waals surface area contributed by atoms with E-state index in [4.69, 9.17) is 4.74 Å². The van der Waals surface area contributed by atoms with Crippen LogP contribution in [0.3, 0.4) is 0 Å². The molecular formula is C25H29N3O3. The van der Waals surface area contributed by atoms with Crippen LogP contribution in [-0.4, -0.2) is 53.2 Å². The second-order valence-corrected chi connectivity index (χ2v) is 8.07. The van der Waals surface area contributed by atoms with Gasteiger partial charge in [0.25, 0.3) is 0 Å². The van der Waals surface area contributed by atoms with Crippen molar-refractivity contribution in [1.29, 1.82) is 0 Å². The van der Waals surface area contributed by atoms with E-state index in [2.05, 4.69) is 15.2 Å². The van der Waals surface area contributed by atoms with Gasteiger partial charge in [0.15, 0.2) is 0 Å². The van der Waals surface area contributed by atoms with Crippen LogP contribution in [0, 0.1) is 5.92 Å². The highest BCUT2D eigenvalue weighted by Crippen LogP contribution is 2.24. The van der Waals surface area contributed by atoms with Crippen molar-refractivity contribution in [3.63, 3.8) is 0 Å². The van der Waals surface area contributed by atoms with E-state index < -0.39 is 6.10 Å². The number of likely N-dealkylation sites (tertiary alicyclic amines) is 1. The van der Waals surface area contributed by atoms with Gasteiger partial charge in [-0.25, -0.2) is 0 Å². The summed E-state index contributed by atoms with van der Waals surface area (Å²) in [7, 11) is 0. The lowest BCUT2D eigenvalue weighted by atomic mass is 9.95. The van der Waals surface area contributed by atoms with Gasteiger partial charge in [-0.1, -0.05) is 36.4 Å². The molecule has 1 unspecified atom stereocenters. The van der Waals surface area contributed by atoms with Crippen LogP contribution in [-0.2, 0) is 11.3 Å². The molecule has 1 amide bonds. The summed E-state index contributed by atoms with van der Waals surface area (Å²) in [5.74, 6) is 0.895. The van der Waals surface area contributed by atoms with Gasteiger partial charge < -0.3 is 20.1 Å². The number of ether oxygens (including phenoxy) is 1. The number of aliphatic hydroxyl groups is 1. The highest BCUT2D eigenvalue weighted by atomic mass is 16.5. The quantitative estimate of drug-likeness (QED) is 0.587. The number of piperidine rings is 1. The lowest BCUT2D eigenvalue weighted by molar-refractivity contribution is -0.126. The Morgan fingerprint density at radius 2 is 1.90 bits per heavy atom. The van der Waals surface area contributed by atoms with Crippen molar-refractivity contribution >= 4 is 16.8 Å². The zero-order valence-electron chi connectivity index (χ0n) is 17.6. The van der Waals surface area contributed by atoms with Gasteiger partial charge in [-0.15, -0.1) is 0 Å². The first-order valence-electron chi connectivity index (χ1n) is 10.9. The number of rotatable bonds is 8. The molecule has 0 aliphatic carbocycles. The molecule has 2 N–H and O–H groups in total. The minimum Gasteiger partial charge on any atom is -0.490 e. The number of carbonyl (C=O) groups is 1. The number of pyridine rings is 1. The minimum atomic E-state index is -0.588. The summed E-state index contributed by atoms with van der Waals surface area (Å²) in [5.41, 5.74) is 1.99. The summed E-state index contributed by atoms with van der Waals surface area (Å²) in [5, 5.41) is 14.4. The van der Waals surface area contributed by atoms with Gasteiger partial charge in [-0.2, -0.15) is 0 Å². The number of hydrogen-bond donors (Lipinski definition) is 2. The number of nitrogens with one attached hydrogen (secondary N) is 1. The molecule has 2 aromatic carbocycles. The van der Waals surface area contributed by atoms with Gasteiger partial charge >= 0.3 is 0 Å². The van der Waals surface area contributed by atoms with Crippen molar-refractivity contribution < 1.29 is 14.6 Å². The third-order valence-electron chi connectivity index (χ3n) is 5.77. The van der Waals surface area contributed by atoms with E-state index in [-0.39, 0.29) is 18.4 Å². The molecule has 6 heteroatoms. The molecular weight excluding hydrogens is 390 g/mol. The molecule has 31 heavy (non-hydrogen) atoms. The maximum atomic E-state index is 12.5. The second kappa shape index (κ2) is 10.4. The molecule has 1 saturated heterocycles. The van der Waals surface area contributed by atoms with E-state index in [1.54, 1.807) is 6.20 Å². The van der Waals surface area contributed by atoms with Gasteiger partial charge in [0.05, 0.1) is 5.52 Å². The van der Waals surface area contributed by atoms with E-state index in [0.29, 0.717) is 13.1 Å². The molecule has 162 valence electrons. The molecule has 6 nitrogen and oxygen atoms in total. The number of nitrogens with zero attached hydrogens (tertiary/aromatic N) is 2. The molecule has 2 heterocycles. The molecule has 1 fully saturated rings. The number of hydrogen-bond acceptors (Lipinski definition) is 5. The molecule has 0 bridgehead atoms. The fourth-order valence-corrected chi connectivity index (χ4v) is 4.04. The molecule has 1 atom stereocenters. The van der Waals surface area contributed by atoms with Gasteiger partial charge in [0.2, 0.25) is 5.91 Å². The Balaban J connectivity index is 1.19. The summed E-state index contributed by atoms with van der Waals surface area (Å²) in [6.45, 7) is 2.95. The monoisotopic (exact) mass is 419 g/mol. The number of amides is 1. The SMILES string of the molecule is O=C(NCc1ccccc1)C1CCN(CC(O)COc2cccc3ncccc23)CC1. The number of β-amino-alcohol motifs (C(OH)–C–C–N with tert-alkyl or cyclic N) is 1. The van der Waals surface area contributed by atoms with E-state index in [0.717, 1.165) is 48.1 Å². The first-order chi connectivity index (χ1) is 15.2. The van der Waals surface area contributed by atoms with Gasteiger partial charge in [0.1, 0.15) is 18.5 Å². The fraction of sp³-hybridized carbons (Fsp3) is 0.360. The lowest BCUT2D eigenvalue weighted by Gasteiger charge is -2.32. The van der Waals surface area contributed by atoms with Crippen LogP contribution in [0.2, 0.25) is 0 Å². The van der Waals surface area contributed by atoms with Crippen LogP contribution < -0.4 is 10.1 Å². The lowest BCUT2D eigenvalue weighted by Crippen LogP contribution is -2.44. The standard InChI is InChI=1S/C25H29N3O3/c29-21(18-31-24-10-4-9-23-22(24)8-5-13-26-23)17-28-14-11-20(12-15-28)25(30)27-16-19-6-2-1-3-7-19/h1-10,13,20-21,29H,11-12,14-18H2,(H,27,30). The predicted octanol–water partition coefficient (Wildman–Crippen LogP) is 3.00. The topological polar surface area (TPSA) is 74.7 Å². The zero-order valence-corrected chi connectivity index (χ0v) is 17.6. The Labute approximate surface area is 182 Å². The van der Waals surface area contributed by atoms with Gasteiger partial charge in [0, 0.05) is 30.6 Å². The average molecular weight is 420 g/mol. The molecule has 1 aromatic heterocycles. The summed E-state index contributed by atoms with van der Waals surface area (Å²) >= 11 is 0. The van der Waals surface area contributed by atoms with Gasteiger partial charge in [-0.05, 0) is 55.8 Å². The van der Waals surface area contributed by atoms with Crippen molar-refractivity contribution in [2.45, 2.75) is 25.5 Å². The fourth-order valence-electron chi connectivity index (χ4n) is 4.04. The van der Waals surface area contributed by atoms with Crippen LogP contribution in [0.5, 0.6) is 5.75 Å². The Hall–Kier alpha value is -2.96. The Morgan fingerprint density at radius 1 is 1.10 bits per heavy atom. The van der Waals surface area contributed by atoms with E-state index in [9.17, 15) is 9.90 Å². The van der Waals surface area contributed by atoms with Crippen LogP contribution >= 0.6 is 0 Å². The first kappa shape index (κ1) is 21.3. The molecule has 4 rings (SSSR count). The second-order valence-electron chi connectivity index (χ2n) is 8.07. The maximum Gasteiger partial charge on any atom is 0.223 e. The summed E-state index contributed by atoms with van der Waals surface area (Å²) in [4.78, 5) is 19.0. The Kier molecular flexibility index (Phi) is 7.12. The van der Waals surface area contributed by atoms with Crippen molar-refractivity contribution in [1.82, 2.24) is 15.2 Å². The van der Waals surface area contributed by atoms with E-state index in [1.165, 1.54) is 0 Å². The van der Waals surface area contributed by atoms with Crippen molar-refractivity contribution in [2.75, 3.05) is 26.2 Å². The number of aromatic nitrogens is 1. The summed E-state index contributed by atoms with van der Waals surface area (Å²) < 4.78 is 5.88. The Bertz CT molecular complexity index is 982. The number of carbonyl (C=O) groups excluding carboxylic acids is 1. The zero-order chi connectivity index (χ0) is 21.5. The maximum absolute atomic E-state index is 12.5. The van der Waals surface area contributed by atoms with Crippen LogP contribution in [0.15, 0.2) is 66.9 Å². The largest absolute Gasteiger partial charge is 0.490 e. The van der Waals surface area contributed by atoms with Gasteiger partial charge in [-0.3, -0.25) is 9.78 Å². The highest BCUT2D eigenvalue weighted by molar-refractivity contribution is 5.84. The Morgan fingerprint density at radius 3 is 2.71 bits per heavy atom. The van der Waals surface area contributed by atoms with Crippen LogP contribution in [0.4, 0.5) is 0 Å². The summed E-state index contributed by atoms with van der Waals surface area (Å²) in [6, 6.07) is 19.6. The van der Waals surface area contributed by atoms with E-state index in [1.807, 2.05) is 60.7 Å². The van der Waals surface area contributed by atoms with Crippen molar-refractivity contribution in [2.24, 2.45) is 5.92 Å². The third-order valence-corrected chi connectivity index (χ3v) is 5.77. The van der Waals surface area contributed by atoms with Crippen LogP contribution in [0.25, 0.3) is 10.9 Å². The number of aliphatic hydroxyl groups excluding tert-OH is 1. The number of benzene rings is 2. The third kappa shape index (κ3) is 5.81. The van der Waals surface area contributed by atoms with Crippen molar-refractivity contribution in [3.05, 3.63) is 72.4 Å². The average Bonchev–Trinajstić information content (AvgIpc) is 2.82. The van der Waals surface area contributed by atoms with E-state index >= 15 is 0 Å². The smallest absolute Gasteiger partial charge is 0.223 e. The van der Waals surface area contributed by atoms with Crippen molar-refractivity contribution in [3.8, 4) is 5.75 Å². The predicted molar refractivity (Wildman–Crippen MR) is 121 cm³/mol. The van der Waals surface area contributed by atoms with Crippen LogP contribution in [0.1, 0.15) is 18.4 Å². The first-order valence-corrected chi connectivity index (χ1v) is 10.9. The molecule has 0 spiro atoms. The summed E-state index contributed by atoms with van der Waals surface area (Å²) in [6.07, 6.45) is 2.79. The number of fused-ring (bicyclic) bond motifs is 1. The molecule has 0 saturated carbocycles. The minimum absolute atomic E-state index is 0.0385. The highest BCUT2D eigenvalue weighted by Gasteiger charge is 2.26. The molecule has 1 aliphatic rings.